The molecule has 5 heteroatoms. The highest BCUT2D eigenvalue weighted by molar-refractivity contribution is 7.10. The summed E-state index contributed by atoms with van der Waals surface area (Å²) < 4.78 is 0. The Kier molecular flexibility index (Phi) is 3.62. The minimum atomic E-state index is -0.915. The van der Waals surface area contributed by atoms with E-state index in [1.807, 2.05) is 18.4 Å². The molecule has 2 unspecified atom stereocenters. The van der Waals surface area contributed by atoms with Gasteiger partial charge in [-0.2, -0.15) is 0 Å². The van der Waals surface area contributed by atoms with Gasteiger partial charge in [-0.3, -0.25) is 4.79 Å². The lowest BCUT2D eigenvalue weighted by molar-refractivity contribution is -0.137. The Hall–Kier alpha value is -0.910. The molecule has 5 N–H and O–H groups in total. The number of hydrogen-bond donors (Lipinski definition) is 3. The second-order valence-electron chi connectivity index (χ2n) is 3.26. The summed E-state index contributed by atoms with van der Waals surface area (Å²) in [6, 6.07) is 1.05. The predicted octanol–water partition coefficient (Wildman–Crippen LogP) is 0.858. The number of rotatable bonds is 4. The number of nitrogens with two attached hydrogens (primary N) is 2. The number of carboxylic acid groups (broad SMARTS) is 1. The van der Waals surface area contributed by atoms with Crippen molar-refractivity contribution in [2.24, 2.45) is 11.5 Å². The molecule has 0 aliphatic heterocycles. The lowest BCUT2D eigenvalue weighted by atomic mass is 10.0. The van der Waals surface area contributed by atoms with Crippen LogP contribution in [0.3, 0.4) is 0 Å². The van der Waals surface area contributed by atoms with Gasteiger partial charge in [0.2, 0.25) is 0 Å². The highest BCUT2D eigenvalue weighted by Gasteiger charge is 2.20. The maximum atomic E-state index is 10.4. The lowest BCUT2D eigenvalue weighted by Gasteiger charge is -2.17. The number of hydrogen-bond acceptors (Lipinski definition) is 4. The van der Waals surface area contributed by atoms with Crippen molar-refractivity contribution >= 4 is 17.3 Å². The Labute approximate surface area is 86.5 Å². The summed E-state index contributed by atoms with van der Waals surface area (Å²) in [4.78, 5) is 11.4. The third kappa shape index (κ3) is 2.54. The van der Waals surface area contributed by atoms with Crippen LogP contribution in [0.1, 0.15) is 22.9 Å². The van der Waals surface area contributed by atoms with Crippen LogP contribution in [0.4, 0.5) is 0 Å². The summed E-state index contributed by atoms with van der Waals surface area (Å²) in [7, 11) is 0. The molecule has 0 bridgehead atoms. The molecule has 0 radical (unpaired) electrons. The van der Waals surface area contributed by atoms with Gasteiger partial charge in [0.15, 0.2) is 0 Å². The maximum absolute atomic E-state index is 10.4. The number of thiophene rings is 1. The fourth-order valence-corrected chi connectivity index (χ4v) is 2.25. The van der Waals surface area contributed by atoms with E-state index < -0.39 is 12.0 Å². The Morgan fingerprint density at radius 3 is 2.71 bits per heavy atom. The van der Waals surface area contributed by atoms with E-state index in [0.717, 1.165) is 10.4 Å². The number of carboxylic acids is 1. The molecule has 1 aromatic rings. The normalized spacial score (nSPS) is 15.1. The quantitative estimate of drug-likeness (QED) is 0.693. The van der Waals surface area contributed by atoms with Crippen molar-refractivity contribution in [3.63, 3.8) is 0 Å². The minimum Gasteiger partial charge on any atom is -0.481 e. The first-order valence-electron chi connectivity index (χ1n) is 4.29. The zero-order valence-corrected chi connectivity index (χ0v) is 8.75. The van der Waals surface area contributed by atoms with E-state index in [1.165, 1.54) is 11.3 Å². The smallest absolute Gasteiger partial charge is 0.304 e. The molecule has 0 aromatic carbocycles. The Morgan fingerprint density at radius 1 is 1.64 bits per heavy atom. The van der Waals surface area contributed by atoms with Crippen LogP contribution >= 0.6 is 11.3 Å². The van der Waals surface area contributed by atoms with Crippen molar-refractivity contribution in [1.29, 1.82) is 0 Å². The molecule has 0 amide bonds. The summed E-state index contributed by atoms with van der Waals surface area (Å²) in [5.74, 6) is -0.915. The first kappa shape index (κ1) is 11.2. The molecule has 78 valence electrons. The van der Waals surface area contributed by atoms with Crippen molar-refractivity contribution in [1.82, 2.24) is 0 Å². The van der Waals surface area contributed by atoms with Gasteiger partial charge >= 0.3 is 5.97 Å². The molecule has 14 heavy (non-hydrogen) atoms. The van der Waals surface area contributed by atoms with Gasteiger partial charge in [0.25, 0.3) is 0 Å². The Bertz CT molecular complexity index is 324. The number of aliphatic carboxylic acids is 1. The molecule has 4 nitrogen and oxygen atoms in total. The van der Waals surface area contributed by atoms with Gasteiger partial charge in [0, 0.05) is 10.9 Å². The monoisotopic (exact) mass is 214 g/mol. The molecule has 0 fully saturated rings. The SMILES string of the molecule is Cc1ccsc1C(N)C(N)CC(=O)O. The van der Waals surface area contributed by atoms with Crippen molar-refractivity contribution in [3.8, 4) is 0 Å². The zero-order valence-electron chi connectivity index (χ0n) is 7.93. The second-order valence-corrected chi connectivity index (χ2v) is 4.20. The van der Waals surface area contributed by atoms with Crippen LogP contribution in [0.2, 0.25) is 0 Å². The minimum absolute atomic E-state index is 0.0987. The van der Waals surface area contributed by atoms with Gasteiger partial charge in [-0.05, 0) is 23.9 Å². The first-order chi connectivity index (χ1) is 6.52. The second kappa shape index (κ2) is 4.54. The number of aryl methyl sites for hydroxylation is 1. The van der Waals surface area contributed by atoms with Gasteiger partial charge in [-0.25, -0.2) is 0 Å². The third-order valence-electron chi connectivity index (χ3n) is 2.08. The summed E-state index contributed by atoms with van der Waals surface area (Å²) in [6.45, 7) is 1.94. The zero-order chi connectivity index (χ0) is 10.7. The molecule has 0 spiro atoms. The molecule has 0 aliphatic carbocycles. The van der Waals surface area contributed by atoms with Crippen LogP contribution in [-0.2, 0) is 4.79 Å². The van der Waals surface area contributed by atoms with E-state index in [9.17, 15) is 4.79 Å². The fraction of sp³-hybridized carbons (Fsp3) is 0.444. The van der Waals surface area contributed by atoms with Crippen molar-refractivity contribution in [3.05, 3.63) is 21.9 Å². The van der Waals surface area contributed by atoms with Crippen LogP contribution in [0.25, 0.3) is 0 Å². The summed E-state index contributed by atoms with van der Waals surface area (Å²) in [5, 5.41) is 10.5. The summed E-state index contributed by atoms with van der Waals surface area (Å²) >= 11 is 1.52. The molecule has 0 saturated heterocycles. The van der Waals surface area contributed by atoms with Crippen molar-refractivity contribution < 1.29 is 9.90 Å². The Morgan fingerprint density at radius 2 is 2.29 bits per heavy atom. The van der Waals surface area contributed by atoms with E-state index in [4.69, 9.17) is 16.6 Å². The largest absolute Gasteiger partial charge is 0.481 e. The fourth-order valence-electron chi connectivity index (χ4n) is 1.25. The van der Waals surface area contributed by atoms with Gasteiger partial charge in [0.1, 0.15) is 0 Å². The molecular formula is C9H14N2O2S. The van der Waals surface area contributed by atoms with E-state index in [2.05, 4.69) is 0 Å². The van der Waals surface area contributed by atoms with Crippen LogP contribution in [-0.4, -0.2) is 17.1 Å². The first-order valence-corrected chi connectivity index (χ1v) is 5.17. The molecule has 1 rings (SSSR count). The van der Waals surface area contributed by atoms with E-state index in [0.29, 0.717) is 0 Å². The summed E-state index contributed by atoms with van der Waals surface area (Å²) in [5.41, 5.74) is 12.6. The third-order valence-corrected chi connectivity index (χ3v) is 3.20. The van der Waals surface area contributed by atoms with E-state index in [1.54, 1.807) is 0 Å². The number of carbonyl (C=O) groups is 1. The van der Waals surface area contributed by atoms with Gasteiger partial charge in [-0.15, -0.1) is 11.3 Å². The molecular weight excluding hydrogens is 200 g/mol. The van der Waals surface area contributed by atoms with Crippen molar-refractivity contribution in [2.45, 2.75) is 25.4 Å². The summed E-state index contributed by atoms with van der Waals surface area (Å²) in [6.07, 6.45) is -0.0987. The van der Waals surface area contributed by atoms with Crippen LogP contribution in [0.5, 0.6) is 0 Å². The lowest BCUT2D eigenvalue weighted by Crippen LogP contribution is -2.35. The van der Waals surface area contributed by atoms with Crippen LogP contribution in [0.15, 0.2) is 11.4 Å². The average molecular weight is 214 g/mol. The molecule has 0 aliphatic rings. The predicted molar refractivity (Wildman–Crippen MR) is 56.2 cm³/mol. The highest BCUT2D eigenvalue weighted by Crippen LogP contribution is 2.24. The maximum Gasteiger partial charge on any atom is 0.304 e. The Balaban J connectivity index is 2.70. The molecule has 2 atom stereocenters. The average Bonchev–Trinajstić information content (AvgIpc) is 2.48. The van der Waals surface area contributed by atoms with Crippen LogP contribution in [0, 0.1) is 6.92 Å². The van der Waals surface area contributed by atoms with Crippen LogP contribution < -0.4 is 11.5 Å². The molecule has 1 aromatic heterocycles. The topological polar surface area (TPSA) is 89.3 Å². The van der Waals surface area contributed by atoms with Gasteiger partial charge in [-0.1, -0.05) is 0 Å². The van der Waals surface area contributed by atoms with E-state index in [-0.39, 0.29) is 12.5 Å². The van der Waals surface area contributed by atoms with Gasteiger partial charge < -0.3 is 16.6 Å². The molecule has 0 saturated carbocycles. The highest BCUT2D eigenvalue weighted by atomic mass is 32.1. The van der Waals surface area contributed by atoms with Crippen molar-refractivity contribution in [2.75, 3.05) is 0 Å². The molecule has 1 heterocycles. The van der Waals surface area contributed by atoms with E-state index >= 15 is 0 Å². The van der Waals surface area contributed by atoms with Gasteiger partial charge in [0.05, 0.1) is 12.5 Å². The standard InChI is InChI=1S/C9H14N2O2S/c1-5-2-3-14-9(5)8(11)6(10)4-7(12)13/h2-3,6,8H,4,10-11H2,1H3,(H,12,13).